The summed E-state index contributed by atoms with van der Waals surface area (Å²) in [5.74, 6) is 0. The minimum Gasteiger partial charge on any atom is -0.241 e. The van der Waals surface area contributed by atoms with Crippen molar-refractivity contribution in [3.63, 3.8) is 0 Å². The summed E-state index contributed by atoms with van der Waals surface area (Å²) >= 11 is 6.78. The predicted molar refractivity (Wildman–Crippen MR) is 87.9 cm³/mol. The first-order valence-electron chi connectivity index (χ1n) is 6.69. The lowest BCUT2D eigenvalue weighted by Crippen LogP contribution is -2.49. The Balaban J connectivity index is 3.05. The summed E-state index contributed by atoms with van der Waals surface area (Å²) in [6.45, 7) is 13.0. The lowest BCUT2D eigenvalue weighted by atomic mass is 9.96. The molecule has 8 heteroatoms. The van der Waals surface area contributed by atoms with Crippen LogP contribution in [0, 0.1) is 10.8 Å². The number of hydrazine groups is 1. The van der Waals surface area contributed by atoms with Crippen molar-refractivity contribution in [2.75, 3.05) is 13.1 Å². The molecule has 1 rings (SSSR count). The molecule has 5 nitrogen and oxygen atoms in total. The van der Waals surface area contributed by atoms with E-state index in [1.807, 2.05) is 41.5 Å². The molecule has 0 saturated heterocycles. The zero-order valence-corrected chi connectivity index (χ0v) is 15.8. The molecule has 0 aliphatic heterocycles. The second-order valence-corrected chi connectivity index (χ2v) is 10.7. The first-order valence-corrected chi connectivity index (χ1v) is 9.38. The summed E-state index contributed by atoms with van der Waals surface area (Å²) < 4.78 is 26.7. The molecule has 0 radical (unpaired) electrons. The van der Waals surface area contributed by atoms with Crippen LogP contribution in [0.25, 0.3) is 0 Å². The highest BCUT2D eigenvalue weighted by atomic mass is 35.5. The van der Waals surface area contributed by atoms with Crippen LogP contribution in [0.1, 0.15) is 41.5 Å². The van der Waals surface area contributed by atoms with Crippen molar-refractivity contribution in [1.82, 2.24) is 14.8 Å². The molecule has 0 amide bonds. The van der Waals surface area contributed by atoms with E-state index in [0.717, 1.165) is 11.3 Å². The average molecular weight is 354 g/mol. The Hall–Kier alpha value is -0.210. The molecule has 0 aliphatic rings. The molecular formula is C13H24ClN3O2S2. The van der Waals surface area contributed by atoms with E-state index in [1.165, 1.54) is 9.79 Å². The second-order valence-electron chi connectivity index (χ2n) is 7.40. The Kier molecular flexibility index (Phi) is 5.83. The van der Waals surface area contributed by atoms with Gasteiger partial charge in [0.2, 0.25) is 4.34 Å². The highest BCUT2D eigenvalue weighted by Crippen LogP contribution is 2.25. The van der Waals surface area contributed by atoms with Gasteiger partial charge in [0.05, 0.1) is 0 Å². The van der Waals surface area contributed by atoms with E-state index >= 15 is 0 Å². The number of aromatic nitrogens is 1. The second kappa shape index (κ2) is 6.50. The summed E-state index contributed by atoms with van der Waals surface area (Å²) in [5, 5.41) is 1.72. The molecule has 1 aromatic rings. The molecule has 0 aromatic carbocycles. The SMILES string of the molecule is CC(C)(C)CNN(CC(C)(C)C)S(=O)(=O)c1nc(Cl)cs1. The summed E-state index contributed by atoms with van der Waals surface area (Å²) in [4.78, 5) is 3.89. The number of rotatable bonds is 5. The molecule has 122 valence electrons. The van der Waals surface area contributed by atoms with E-state index in [4.69, 9.17) is 11.6 Å². The minimum absolute atomic E-state index is 0.0122. The summed E-state index contributed by atoms with van der Waals surface area (Å²) in [6.07, 6.45) is 0. The Morgan fingerprint density at radius 2 is 1.81 bits per heavy atom. The van der Waals surface area contributed by atoms with Crippen molar-refractivity contribution < 1.29 is 8.42 Å². The largest absolute Gasteiger partial charge is 0.283 e. The third-order valence-electron chi connectivity index (χ3n) is 2.37. The van der Waals surface area contributed by atoms with Crippen LogP contribution < -0.4 is 5.43 Å². The van der Waals surface area contributed by atoms with Crippen LogP contribution in [-0.4, -0.2) is 30.9 Å². The van der Waals surface area contributed by atoms with E-state index in [1.54, 1.807) is 0 Å². The van der Waals surface area contributed by atoms with E-state index in [9.17, 15) is 8.42 Å². The van der Waals surface area contributed by atoms with E-state index in [2.05, 4.69) is 10.4 Å². The topological polar surface area (TPSA) is 62.3 Å². The van der Waals surface area contributed by atoms with Crippen LogP contribution in [-0.2, 0) is 10.0 Å². The molecule has 0 saturated carbocycles. The third kappa shape index (κ3) is 6.20. The fourth-order valence-electron chi connectivity index (χ4n) is 1.43. The summed E-state index contributed by atoms with van der Waals surface area (Å²) in [6, 6.07) is 0. The zero-order valence-electron chi connectivity index (χ0n) is 13.4. The van der Waals surface area contributed by atoms with Gasteiger partial charge in [-0.15, -0.1) is 15.8 Å². The van der Waals surface area contributed by atoms with Gasteiger partial charge in [0.1, 0.15) is 5.15 Å². The number of nitrogens with one attached hydrogen (secondary N) is 1. The highest BCUT2D eigenvalue weighted by molar-refractivity contribution is 7.91. The van der Waals surface area contributed by atoms with Gasteiger partial charge < -0.3 is 0 Å². The molecule has 0 spiro atoms. The smallest absolute Gasteiger partial charge is 0.241 e. The van der Waals surface area contributed by atoms with Gasteiger partial charge in [0.15, 0.2) is 0 Å². The van der Waals surface area contributed by atoms with Crippen molar-refractivity contribution >= 4 is 33.0 Å². The molecule has 0 bridgehead atoms. The number of thiazole rings is 1. The molecule has 1 heterocycles. The average Bonchev–Trinajstić information content (AvgIpc) is 2.68. The molecule has 0 atom stereocenters. The standard InChI is InChI=1S/C13H24ClN3O2S2/c1-12(2,3)8-15-17(9-13(4,5)6)21(18,19)11-16-10(14)7-20-11/h7,15H,8-9H2,1-6H3. The molecular weight excluding hydrogens is 330 g/mol. The monoisotopic (exact) mass is 353 g/mol. The molecule has 1 aromatic heterocycles. The number of hydrogen-bond acceptors (Lipinski definition) is 5. The minimum atomic E-state index is -3.69. The summed E-state index contributed by atoms with van der Waals surface area (Å²) in [5.41, 5.74) is 2.82. The molecule has 0 aliphatic carbocycles. The maximum atomic E-state index is 12.7. The first-order chi connectivity index (χ1) is 9.31. The van der Waals surface area contributed by atoms with Crippen LogP contribution in [0.2, 0.25) is 5.15 Å². The van der Waals surface area contributed by atoms with Crippen LogP contribution in [0.5, 0.6) is 0 Å². The van der Waals surface area contributed by atoms with Crippen molar-refractivity contribution in [3.05, 3.63) is 10.5 Å². The first kappa shape index (κ1) is 18.8. The van der Waals surface area contributed by atoms with Crippen LogP contribution in [0.3, 0.4) is 0 Å². The van der Waals surface area contributed by atoms with Gasteiger partial charge in [-0.25, -0.2) is 18.8 Å². The fourth-order valence-corrected chi connectivity index (χ4v) is 4.25. The highest BCUT2D eigenvalue weighted by Gasteiger charge is 2.31. The number of sulfonamides is 1. The molecule has 1 N–H and O–H groups in total. The Labute approximate surface area is 136 Å². The number of halogens is 1. The molecule has 0 fully saturated rings. The lowest BCUT2D eigenvalue weighted by Gasteiger charge is -2.31. The van der Waals surface area contributed by atoms with E-state index in [0.29, 0.717) is 13.1 Å². The third-order valence-corrected chi connectivity index (χ3v) is 5.62. The maximum absolute atomic E-state index is 12.7. The van der Waals surface area contributed by atoms with E-state index in [-0.39, 0.29) is 20.3 Å². The van der Waals surface area contributed by atoms with Gasteiger partial charge in [-0.3, -0.25) is 0 Å². The fraction of sp³-hybridized carbons (Fsp3) is 0.769. The Morgan fingerprint density at radius 3 is 2.19 bits per heavy atom. The van der Waals surface area contributed by atoms with Crippen LogP contribution >= 0.6 is 22.9 Å². The van der Waals surface area contributed by atoms with E-state index < -0.39 is 10.0 Å². The maximum Gasteiger partial charge on any atom is 0.283 e. The lowest BCUT2D eigenvalue weighted by molar-refractivity contribution is 0.198. The molecule has 0 unspecified atom stereocenters. The predicted octanol–water partition coefficient (Wildman–Crippen LogP) is 3.38. The number of nitrogens with zero attached hydrogens (tertiary/aromatic N) is 2. The van der Waals surface area contributed by atoms with Gasteiger partial charge in [0.25, 0.3) is 10.0 Å². The van der Waals surface area contributed by atoms with Gasteiger partial charge in [-0.05, 0) is 10.8 Å². The Morgan fingerprint density at radius 1 is 1.24 bits per heavy atom. The van der Waals surface area contributed by atoms with Crippen molar-refractivity contribution in [1.29, 1.82) is 0 Å². The Bertz CT molecular complexity index is 571. The normalized spacial score (nSPS) is 13.9. The van der Waals surface area contributed by atoms with Crippen LogP contribution in [0.4, 0.5) is 0 Å². The van der Waals surface area contributed by atoms with Gasteiger partial charge >= 0.3 is 0 Å². The quantitative estimate of drug-likeness (QED) is 0.824. The zero-order chi connectivity index (χ0) is 16.5. The number of hydrogen-bond donors (Lipinski definition) is 1. The van der Waals surface area contributed by atoms with Gasteiger partial charge in [-0.2, -0.15) is 0 Å². The molecule has 21 heavy (non-hydrogen) atoms. The van der Waals surface area contributed by atoms with Gasteiger partial charge in [-0.1, -0.05) is 53.1 Å². The summed E-state index contributed by atoms with van der Waals surface area (Å²) in [7, 11) is -3.69. The van der Waals surface area contributed by atoms with Crippen molar-refractivity contribution in [3.8, 4) is 0 Å². The van der Waals surface area contributed by atoms with Crippen molar-refractivity contribution in [2.24, 2.45) is 10.8 Å². The van der Waals surface area contributed by atoms with Crippen LogP contribution in [0.15, 0.2) is 9.72 Å². The van der Waals surface area contributed by atoms with Gasteiger partial charge in [0, 0.05) is 18.5 Å². The van der Waals surface area contributed by atoms with Crippen molar-refractivity contribution in [2.45, 2.75) is 45.9 Å².